The van der Waals surface area contributed by atoms with Crippen molar-refractivity contribution in [2.45, 2.75) is 293 Å². The van der Waals surface area contributed by atoms with Gasteiger partial charge < -0.3 is 197 Å². The number of rotatable bonds is 25. The van der Waals surface area contributed by atoms with Crippen molar-refractivity contribution in [2.24, 2.45) is 0 Å². The summed E-state index contributed by atoms with van der Waals surface area (Å²) < 4.78 is 122. The van der Waals surface area contributed by atoms with Crippen molar-refractivity contribution < 1.29 is 197 Å². The zero-order valence-electron chi connectivity index (χ0n) is 56.1. The van der Waals surface area contributed by atoms with Gasteiger partial charge in [0.05, 0.1) is 129 Å². The summed E-state index contributed by atoms with van der Waals surface area (Å²) in [5.74, 6) is 0. The van der Waals surface area contributed by atoms with Gasteiger partial charge in [-0.25, -0.2) is 0 Å². The van der Waals surface area contributed by atoms with Crippen molar-refractivity contribution in [3.05, 3.63) is 0 Å². The van der Waals surface area contributed by atoms with Crippen LogP contribution in [0.2, 0.25) is 0 Å². The lowest BCUT2D eigenvalue weighted by atomic mass is 9.95. The summed E-state index contributed by atoms with van der Waals surface area (Å²) in [6.07, 6.45) is -70.9. The molecule has 14 bridgehead atoms. The summed E-state index contributed by atoms with van der Waals surface area (Å²) in [5.41, 5.74) is 0. The molecule has 21 heterocycles. The highest BCUT2D eigenvalue weighted by Gasteiger charge is 2.60. The molecule has 0 aromatic rings. The smallest absolute Gasteiger partial charge is 0.187 e. The van der Waals surface area contributed by atoms with E-state index in [9.17, 15) is 102 Å². The van der Waals surface area contributed by atoms with Crippen molar-refractivity contribution in [1.29, 1.82) is 0 Å². The maximum atomic E-state index is 12.3. The third-order valence-corrected chi connectivity index (χ3v) is 17.6. The van der Waals surface area contributed by atoms with E-state index in [2.05, 4.69) is 0 Å². The van der Waals surface area contributed by atoms with Crippen molar-refractivity contribution in [1.82, 2.24) is 0 Å². The molecule has 0 radical (unpaired) electrons. The molecular formula is C60H106O40. The molecule has 21 fully saturated rings. The van der Waals surface area contributed by atoms with Gasteiger partial charge in [-0.15, -0.1) is 0 Å². The van der Waals surface area contributed by atoms with E-state index in [0.717, 1.165) is 0 Å². The van der Waals surface area contributed by atoms with Crippen LogP contribution in [0.5, 0.6) is 0 Å². The van der Waals surface area contributed by atoms with Gasteiger partial charge >= 0.3 is 0 Å². The zero-order valence-corrected chi connectivity index (χ0v) is 56.1. The Kier molecular flexibility index (Phi) is 32.7. The molecule has 0 aromatic heterocycles. The summed E-state index contributed by atoms with van der Waals surface area (Å²) >= 11 is 0. The van der Waals surface area contributed by atoms with Gasteiger partial charge in [0.25, 0.3) is 0 Å². The molecule has 0 aromatic carbocycles. The average Bonchev–Trinajstić information content (AvgIpc) is 0.776. The Bertz CT molecular complexity index is 2320. The zero-order chi connectivity index (χ0) is 73.1. The molecule has 0 aliphatic carbocycles. The second kappa shape index (κ2) is 39.0. The Balaban J connectivity index is 1.19. The van der Waals surface area contributed by atoms with Crippen LogP contribution in [0.25, 0.3) is 0 Å². The summed E-state index contributed by atoms with van der Waals surface area (Å²) in [6, 6.07) is 0. The lowest BCUT2D eigenvalue weighted by molar-refractivity contribution is -0.400. The van der Waals surface area contributed by atoms with E-state index >= 15 is 0 Å². The predicted octanol–water partition coefficient (Wildman–Crippen LogP) is -11.8. The van der Waals surface area contributed by atoms with Crippen LogP contribution >= 0.6 is 0 Å². The molecule has 20 N–H and O–H groups in total. The standard InChI is InChI=1S/C60H106O40/c1-21(65)12-81-18-33-28-7-27(71)54(92-33)95-46-30(9-62)90-60(52(42(46)78)85-16-25(5)69)99-47-31(10-63)91-59(53(43(47)79)86-17-26(6)70)98-45-29(8-61)88-56(40(76)36(45)72)96-48-35(20-83-14-23(3)67)94-57(41(77)38(48)74)100-50-32(11-64)89-58(44(80)51(50)84-15-24(4)68)97-49-34(19-82-13-22(2)66)93-55(87-28)39(75)37(49)73/h21-80H,7-20H2,1-6H3. The highest BCUT2D eigenvalue weighted by molar-refractivity contribution is 5.02. The maximum Gasteiger partial charge on any atom is 0.187 e. The highest BCUT2D eigenvalue weighted by atomic mass is 16.8. The summed E-state index contributed by atoms with van der Waals surface area (Å²) in [6.45, 7) is -0.202. The Hall–Kier alpha value is -1.60. The Morgan fingerprint density at radius 1 is 0.270 bits per heavy atom. The van der Waals surface area contributed by atoms with E-state index in [-0.39, 0.29) is 19.8 Å². The molecule has 0 amide bonds. The fourth-order valence-corrected chi connectivity index (χ4v) is 12.7. The van der Waals surface area contributed by atoms with Crippen LogP contribution < -0.4 is 0 Å². The first-order chi connectivity index (χ1) is 47.5. The molecule has 40 atom stereocenters. The third kappa shape index (κ3) is 21.2. The maximum absolute atomic E-state index is 12.3. The normalized spacial score (nSPS) is 46.6. The van der Waals surface area contributed by atoms with Gasteiger partial charge in [-0.2, -0.15) is 0 Å². The van der Waals surface area contributed by atoms with Gasteiger partial charge in [0, 0.05) is 6.42 Å². The Labute approximate surface area is 574 Å². The molecule has 21 aliphatic rings. The van der Waals surface area contributed by atoms with E-state index in [1.54, 1.807) is 0 Å². The van der Waals surface area contributed by atoms with E-state index < -0.39 is 318 Å². The van der Waals surface area contributed by atoms with E-state index in [4.69, 9.17) is 94.7 Å². The van der Waals surface area contributed by atoms with Gasteiger partial charge in [-0.1, -0.05) is 0 Å². The molecule has 100 heavy (non-hydrogen) atoms. The first-order valence-electron chi connectivity index (χ1n) is 33.6. The topological polar surface area (TPSA) is 589 Å². The van der Waals surface area contributed by atoms with E-state index in [1.807, 2.05) is 0 Å². The summed E-state index contributed by atoms with van der Waals surface area (Å²) in [4.78, 5) is 0. The fraction of sp³-hybridized carbons (Fsp3) is 1.00. The van der Waals surface area contributed by atoms with Crippen LogP contribution in [0.3, 0.4) is 0 Å². The number of ether oxygens (including phenoxy) is 20. The Morgan fingerprint density at radius 2 is 0.540 bits per heavy atom. The third-order valence-electron chi connectivity index (χ3n) is 17.6. The van der Waals surface area contributed by atoms with Crippen LogP contribution in [-0.4, -0.2) is 433 Å². The predicted molar refractivity (Wildman–Crippen MR) is 320 cm³/mol. The number of aliphatic hydroxyl groups is 20. The van der Waals surface area contributed by atoms with Crippen molar-refractivity contribution in [3.8, 4) is 0 Å². The lowest BCUT2D eigenvalue weighted by Crippen LogP contribution is -2.68. The largest absolute Gasteiger partial charge is 0.394 e. The monoisotopic (exact) mass is 1470 g/mol. The minimum atomic E-state index is -2.23. The van der Waals surface area contributed by atoms with Crippen LogP contribution in [0.4, 0.5) is 0 Å². The van der Waals surface area contributed by atoms with Crippen LogP contribution in [0, 0.1) is 0 Å². The number of hydrogen-bond acceptors (Lipinski definition) is 40. The first-order valence-corrected chi connectivity index (χ1v) is 33.6. The second-order valence-electron chi connectivity index (χ2n) is 26.6. The summed E-state index contributed by atoms with van der Waals surface area (Å²) in [5, 5.41) is 226. The minimum Gasteiger partial charge on any atom is -0.394 e. The van der Waals surface area contributed by atoms with Gasteiger partial charge in [-0.3, -0.25) is 0 Å². The molecule has 0 spiro atoms. The second-order valence-corrected chi connectivity index (χ2v) is 26.6. The molecule has 586 valence electrons. The minimum absolute atomic E-state index is 0.290. The molecule has 40 nitrogen and oxygen atoms in total. The van der Waals surface area contributed by atoms with E-state index in [0.29, 0.717) is 0 Å². The quantitative estimate of drug-likeness (QED) is 0.0404. The first kappa shape index (κ1) is 84.0. The average molecular weight is 1470 g/mol. The molecule has 40 heteroatoms. The summed E-state index contributed by atoms with van der Waals surface area (Å²) in [7, 11) is 0. The van der Waals surface area contributed by atoms with Crippen molar-refractivity contribution in [3.63, 3.8) is 0 Å². The van der Waals surface area contributed by atoms with Gasteiger partial charge in [0.2, 0.25) is 0 Å². The SMILES string of the molecule is CC(O)COCC1OC2OC3C(CO)OC(OC4C(CO)OC(OC5C(CO)OC(OC6C(COCC(C)O)OC(OC7C(CO)OC(OC8C(COCC(C)O)OC(OC1CC2O)C(O)C8O)C(O)C7OCC(C)O)C(O)C6O)C(O)C5O)C(OCC(C)O)C4O)C(OCC(C)O)C3O. The molecule has 21 rings (SSSR count). The number of aliphatic hydroxyl groups excluding tert-OH is 20. The van der Waals surface area contributed by atoms with Crippen LogP contribution in [0.1, 0.15) is 48.0 Å². The lowest BCUT2D eigenvalue weighted by Gasteiger charge is -2.51. The molecule has 21 saturated heterocycles. The molecular weight excluding hydrogens is 1360 g/mol. The molecule has 40 unspecified atom stereocenters. The molecule has 0 saturated carbocycles. The fourth-order valence-electron chi connectivity index (χ4n) is 12.7. The van der Waals surface area contributed by atoms with Crippen LogP contribution in [0.15, 0.2) is 0 Å². The van der Waals surface area contributed by atoms with E-state index in [1.165, 1.54) is 41.5 Å². The molecule has 21 aliphatic heterocycles. The Morgan fingerprint density at radius 3 is 0.920 bits per heavy atom. The van der Waals surface area contributed by atoms with Gasteiger partial charge in [0.1, 0.15) is 159 Å². The highest BCUT2D eigenvalue weighted by Crippen LogP contribution is 2.40. The van der Waals surface area contributed by atoms with Crippen LogP contribution in [-0.2, 0) is 94.7 Å². The van der Waals surface area contributed by atoms with Crippen molar-refractivity contribution >= 4 is 0 Å². The van der Waals surface area contributed by atoms with Crippen molar-refractivity contribution in [2.75, 3.05) is 85.9 Å². The van der Waals surface area contributed by atoms with Gasteiger partial charge in [-0.05, 0) is 41.5 Å². The number of hydrogen-bond donors (Lipinski definition) is 20. The van der Waals surface area contributed by atoms with Gasteiger partial charge in [0.15, 0.2) is 44.0 Å².